The Kier molecular flexibility index (Phi) is 4.91. The van der Waals surface area contributed by atoms with Crippen molar-refractivity contribution in [1.82, 2.24) is 0 Å². The fourth-order valence-electron chi connectivity index (χ4n) is 2.20. The second-order valence-electron chi connectivity index (χ2n) is 5.44. The largest absolute Gasteiger partial charge is 0.303 e. The highest BCUT2D eigenvalue weighted by Gasteiger charge is 2.25. The Balaban J connectivity index is 2.36. The van der Waals surface area contributed by atoms with E-state index in [9.17, 15) is 9.59 Å². The zero-order valence-corrected chi connectivity index (χ0v) is 10.4. The van der Waals surface area contributed by atoms with Crippen LogP contribution in [0.4, 0.5) is 0 Å². The molecule has 2 nitrogen and oxygen atoms in total. The first-order valence-corrected chi connectivity index (χ1v) is 6.21. The molecule has 0 atom stereocenters. The van der Waals surface area contributed by atoms with Crippen molar-refractivity contribution < 1.29 is 9.59 Å². The summed E-state index contributed by atoms with van der Waals surface area (Å²) in [5.41, 5.74) is 1.30. The van der Waals surface area contributed by atoms with Gasteiger partial charge in [0, 0.05) is 12.8 Å². The molecule has 2 heteroatoms. The van der Waals surface area contributed by atoms with Crippen LogP contribution in [-0.2, 0) is 9.59 Å². The van der Waals surface area contributed by atoms with E-state index in [1.807, 2.05) is 0 Å². The van der Waals surface area contributed by atoms with Crippen molar-refractivity contribution in [1.29, 1.82) is 0 Å². The molecular formula is C14H22O2. The Hall–Kier alpha value is -0.920. The average molecular weight is 222 g/mol. The Bertz CT molecular complexity index is 287. The van der Waals surface area contributed by atoms with Crippen LogP contribution in [-0.4, -0.2) is 12.1 Å². The molecule has 0 aromatic rings. The highest BCUT2D eigenvalue weighted by Crippen LogP contribution is 2.35. The number of ketones is 1. The van der Waals surface area contributed by atoms with Gasteiger partial charge in [-0.1, -0.05) is 19.9 Å². The number of hydrogen-bond acceptors (Lipinski definition) is 2. The van der Waals surface area contributed by atoms with Crippen molar-refractivity contribution >= 4 is 12.1 Å². The summed E-state index contributed by atoms with van der Waals surface area (Å²) in [5, 5.41) is 0. The van der Waals surface area contributed by atoms with Crippen LogP contribution >= 0.6 is 0 Å². The maximum Gasteiger partial charge on any atom is 0.158 e. The van der Waals surface area contributed by atoms with Gasteiger partial charge >= 0.3 is 0 Å². The molecule has 90 valence electrons. The predicted molar refractivity (Wildman–Crippen MR) is 65.3 cm³/mol. The number of unbranched alkanes of at least 4 members (excludes halogenated alkanes) is 2. The molecule has 0 N–H and O–H groups in total. The summed E-state index contributed by atoms with van der Waals surface area (Å²) in [4.78, 5) is 22.0. The molecule has 0 unspecified atom stereocenters. The SMILES string of the molecule is CC1(C)CCC=C(C(=O)CCCCC=O)C1. The summed E-state index contributed by atoms with van der Waals surface area (Å²) < 4.78 is 0. The van der Waals surface area contributed by atoms with Gasteiger partial charge < -0.3 is 4.79 Å². The topological polar surface area (TPSA) is 34.1 Å². The summed E-state index contributed by atoms with van der Waals surface area (Å²) in [5.74, 6) is 0.290. The lowest BCUT2D eigenvalue weighted by Crippen LogP contribution is -2.19. The van der Waals surface area contributed by atoms with E-state index in [1.54, 1.807) is 0 Å². The fraction of sp³-hybridized carbons (Fsp3) is 0.714. The maximum absolute atomic E-state index is 11.9. The van der Waals surface area contributed by atoms with Crippen LogP contribution in [0.5, 0.6) is 0 Å². The number of carbonyl (C=O) groups is 2. The Morgan fingerprint density at radius 3 is 2.81 bits per heavy atom. The minimum atomic E-state index is 0.280. The minimum Gasteiger partial charge on any atom is -0.303 e. The molecule has 0 saturated heterocycles. The van der Waals surface area contributed by atoms with Gasteiger partial charge in [0.05, 0.1) is 0 Å². The van der Waals surface area contributed by atoms with Crippen LogP contribution in [0, 0.1) is 5.41 Å². The molecule has 16 heavy (non-hydrogen) atoms. The van der Waals surface area contributed by atoms with Crippen LogP contribution in [0.1, 0.15) is 58.8 Å². The van der Waals surface area contributed by atoms with Crippen molar-refractivity contribution in [2.75, 3.05) is 0 Å². The van der Waals surface area contributed by atoms with Crippen molar-refractivity contribution in [3.63, 3.8) is 0 Å². The van der Waals surface area contributed by atoms with Crippen LogP contribution in [0.3, 0.4) is 0 Å². The number of rotatable bonds is 6. The van der Waals surface area contributed by atoms with Gasteiger partial charge in [-0.05, 0) is 43.1 Å². The fourth-order valence-corrected chi connectivity index (χ4v) is 2.20. The quantitative estimate of drug-likeness (QED) is 0.509. The summed E-state index contributed by atoms with van der Waals surface area (Å²) in [6.45, 7) is 4.44. The third-order valence-electron chi connectivity index (χ3n) is 3.21. The molecule has 1 rings (SSSR count). The lowest BCUT2D eigenvalue weighted by atomic mass is 9.76. The molecule has 0 bridgehead atoms. The molecule has 0 radical (unpaired) electrons. The molecule has 0 fully saturated rings. The highest BCUT2D eigenvalue weighted by atomic mass is 16.1. The van der Waals surface area contributed by atoms with E-state index in [-0.39, 0.29) is 5.41 Å². The molecule has 0 saturated carbocycles. The molecule has 0 spiro atoms. The first-order chi connectivity index (χ1) is 7.55. The van der Waals surface area contributed by atoms with Crippen molar-refractivity contribution in [2.24, 2.45) is 5.41 Å². The highest BCUT2D eigenvalue weighted by molar-refractivity contribution is 5.95. The van der Waals surface area contributed by atoms with Crippen LogP contribution in [0.25, 0.3) is 0 Å². The average Bonchev–Trinajstić information content (AvgIpc) is 2.22. The zero-order valence-electron chi connectivity index (χ0n) is 10.4. The summed E-state index contributed by atoms with van der Waals surface area (Å²) in [7, 11) is 0. The van der Waals surface area contributed by atoms with E-state index in [1.165, 1.54) is 6.42 Å². The van der Waals surface area contributed by atoms with Crippen molar-refractivity contribution in [3.05, 3.63) is 11.6 Å². The van der Waals surface area contributed by atoms with Gasteiger partial charge in [-0.25, -0.2) is 0 Å². The molecule has 0 aromatic heterocycles. The van der Waals surface area contributed by atoms with Gasteiger partial charge in [0.1, 0.15) is 6.29 Å². The van der Waals surface area contributed by atoms with Gasteiger partial charge in [0.25, 0.3) is 0 Å². The third-order valence-corrected chi connectivity index (χ3v) is 3.21. The molecule has 0 amide bonds. The molecule has 1 aliphatic carbocycles. The molecular weight excluding hydrogens is 200 g/mol. The van der Waals surface area contributed by atoms with E-state index in [2.05, 4.69) is 19.9 Å². The minimum absolute atomic E-state index is 0.280. The predicted octanol–water partition coefficient (Wildman–Crippen LogP) is 3.45. The number of carbonyl (C=O) groups excluding carboxylic acids is 2. The van der Waals surface area contributed by atoms with Crippen LogP contribution in [0.15, 0.2) is 11.6 Å². The van der Waals surface area contributed by atoms with Crippen LogP contribution in [0.2, 0.25) is 0 Å². The number of Topliss-reactive ketones (excluding diaryl/α,β-unsaturated/α-hetero) is 1. The normalized spacial score (nSPS) is 19.0. The number of allylic oxidation sites excluding steroid dienone is 2. The van der Waals surface area contributed by atoms with Crippen molar-refractivity contribution in [3.8, 4) is 0 Å². The summed E-state index contributed by atoms with van der Waals surface area (Å²) >= 11 is 0. The van der Waals surface area contributed by atoms with E-state index in [0.29, 0.717) is 18.6 Å². The van der Waals surface area contributed by atoms with Gasteiger partial charge in [-0.2, -0.15) is 0 Å². The monoisotopic (exact) mass is 222 g/mol. The second kappa shape index (κ2) is 5.97. The van der Waals surface area contributed by atoms with Gasteiger partial charge in [0.2, 0.25) is 0 Å². The first-order valence-electron chi connectivity index (χ1n) is 6.21. The second-order valence-corrected chi connectivity index (χ2v) is 5.44. The summed E-state index contributed by atoms with van der Waals surface area (Å²) in [6.07, 6.45) is 9.02. The van der Waals surface area contributed by atoms with Gasteiger partial charge in [-0.15, -0.1) is 0 Å². The van der Waals surface area contributed by atoms with E-state index >= 15 is 0 Å². The van der Waals surface area contributed by atoms with Crippen LogP contribution < -0.4 is 0 Å². The first kappa shape index (κ1) is 13.1. The van der Waals surface area contributed by atoms with E-state index < -0.39 is 0 Å². The lowest BCUT2D eigenvalue weighted by molar-refractivity contribution is -0.116. The van der Waals surface area contributed by atoms with E-state index in [4.69, 9.17) is 0 Å². The Morgan fingerprint density at radius 1 is 1.44 bits per heavy atom. The molecule has 0 aromatic carbocycles. The zero-order chi connectivity index (χ0) is 12.0. The van der Waals surface area contributed by atoms with E-state index in [0.717, 1.165) is 37.5 Å². The van der Waals surface area contributed by atoms with Gasteiger partial charge in [0.15, 0.2) is 5.78 Å². The summed E-state index contributed by atoms with van der Waals surface area (Å²) in [6, 6.07) is 0. The third kappa shape index (κ3) is 4.30. The Morgan fingerprint density at radius 2 is 2.19 bits per heavy atom. The standard InChI is InChI=1S/C14H22O2/c1-14(2)9-6-7-12(11-14)13(16)8-4-3-5-10-15/h7,10H,3-6,8-9,11H2,1-2H3. The molecule has 0 aliphatic heterocycles. The molecule has 0 heterocycles. The van der Waals surface area contributed by atoms with Gasteiger partial charge in [-0.3, -0.25) is 4.79 Å². The number of hydrogen-bond donors (Lipinski definition) is 0. The Labute approximate surface area is 98.1 Å². The number of aldehydes is 1. The smallest absolute Gasteiger partial charge is 0.158 e. The molecule has 1 aliphatic rings. The lowest BCUT2D eigenvalue weighted by Gasteiger charge is -2.29. The van der Waals surface area contributed by atoms with Crippen molar-refractivity contribution in [2.45, 2.75) is 58.8 Å². The maximum atomic E-state index is 11.9.